The van der Waals surface area contributed by atoms with E-state index in [0.717, 1.165) is 23.7 Å². The van der Waals surface area contributed by atoms with Gasteiger partial charge in [0.2, 0.25) is 0 Å². The second-order valence-corrected chi connectivity index (χ2v) is 7.53. The van der Waals surface area contributed by atoms with Crippen molar-refractivity contribution < 1.29 is 0 Å². The Labute approximate surface area is 132 Å². The van der Waals surface area contributed by atoms with E-state index in [1.807, 2.05) is 0 Å². The van der Waals surface area contributed by atoms with E-state index in [4.69, 9.17) is 0 Å². The van der Waals surface area contributed by atoms with Crippen molar-refractivity contribution in [2.75, 3.05) is 0 Å². The topological polar surface area (TPSA) is 0 Å². The van der Waals surface area contributed by atoms with Crippen LogP contribution in [-0.2, 0) is 0 Å². The summed E-state index contributed by atoms with van der Waals surface area (Å²) >= 11 is 0. The molecule has 0 spiro atoms. The smallest absolute Gasteiger partial charge is 0.0223 e. The summed E-state index contributed by atoms with van der Waals surface area (Å²) in [5.74, 6) is 3.41. The van der Waals surface area contributed by atoms with Crippen LogP contribution in [0.15, 0.2) is 23.8 Å². The molecule has 2 fully saturated rings. The maximum Gasteiger partial charge on any atom is -0.0223 e. The minimum Gasteiger partial charge on any atom is -0.321 e. The third kappa shape index (κ3) is 3.63. The first kappa shape index (κ1) is 15.4. The molecular formula is C21H33-. The molecule has 0 N–H and O–H groups in total. The predicted octanol–water partition coefficient (Wildman–Crippen LogP) is 6.49. The zero-order chi connectivity index (χ0) is 14.5. The molecule has 3 aliphatic rings. The molecule has 0 heterocycles. The fourth-order valence-electron chi connectivity index (χ4n) is 5.11. The van der Waals surface area contributed by atoms with Gasteiger partial charge in [-0.15, -0.1) is 5.92 Å². The van der Waals surface area contributed by atoms with Crippen LogP contribution in [0.3, 0.4) is 0 Å². The average molecular weight is 285 g/mol. The van der Waals surface area contributed by atoms with Crippen LogP contribution in [0, 0.1) is 30.1 Å². The molecule has 3 aliphatic carbocycles. The lowest BCUT2D eigenvalue weighted by Gasteiger charge is -2.45. The normalized spacial score (nSPS) is 32.1. The molecule has 21 heavy (non-hydrogen) atoms. The molecule has 2 unspecified atom stereocenters. The number of hydrogen-bond donors (Lipinski definition) is 0. The Morgan fingerprint density at radius 3 is 2.29 bits per heavy atom. The van der Waals surface area contributed by atoms with E-state index in [9.17, 15) is 0 Å². The van der Waals surface area contributed by atoms with Gasteiger partial charge in [-0.05, 0) is 43.4 Å². The van der Waals surface area contributed by atoms with Crippen LogP contribution in [0.25, 0.3) is 0 Å². The van der Waals surface area contributed by atoms with Crippen LogP contribution in [0.4, 0.5) is 0 Å². The monoisotopic (exact) mass is 285 g/mol. The number of allylic oxidation sites excluding steroid dienone is 4. The molecule has 0 aromatic heterocycles. The molecule has 3 rings (SSSR count). The Kier molecular flexibility index (Phi) is 5.61. The molecule has 0 aromatic rings. The maximum atomic E-state index is 2.64. The summed E-state index contributed by atoms with van der Waals surface area (Å²) < 4.78 is 0. The van der Waals surface area contributed by atoms with Crippen LogP contribution in [0.2, 0.25) is 0 Å². The van der Waals surface area contributed by atoms with Gasteiger partial charge in [-0.2, -0.15) is 6.42 Å². The average Bonchev–Trinajstić information content (AvgIpc) is 2.57. The van der Waals surface area contributed by atoms with Crippen molar-refractivity contribution in [2.24, 2.45) is 23.7 Å². The molecule has 0 amide bonds. The van der Waals surface area contributed by atoms with Crippen LogP contribution < -0.4 is 0 Å². The van der Waals surface area contributed by atoms with Crippen molar-refractivity contribution in [1.29, 1.82) is 0 Å². The van der Waals surface area contributed by atoms with E-state index in [1.54, 1.807) is 5.57 Å². The number of rotatable bonds is 4. The Bertz CT molecular complexity index is 363. The minimum atomic E-state index is 0.756. The lowest BCUT2D eigenvalue weighted by atomic mass is 9.65. The Balaban J connectivity index is 1.75. The molecule has 2 saturated carbocycles. The fraction of sp³-hybridized carbons (Fsp3) is 0.762. The first-order valence-electron chi connectivity index (χ1n) is 9.61. The number of hydrogen-bond acceptors (Lipinski definition) is 0. The standard InChI is InChI=1S/C21H33/c1-2-10-21-19(17-11-5-3-6-12-17)15-9-16-20(21)18-13-7-4-8-14-18/h9-10,15-19,21H,2-8,11-14H2,1H3/q-1. The zero-order valence-corrected chi connectivity index (χ0v) is 13.9. The first-order valence-corrected chi connectivity index (χ1v) is 9.61. The first-order chi connectivity index (χ1) is 10.4. The summed E-state index contributed by atoms with van der Waals surface area (Å²) in [5.41, 5.74) is 1.80. The second-order valence-electron chi connectivity index (χ2n) is 7.53. The predicted molar refractivity (Wildman–Crippen MR) is 91.9 cm³/mol. The van der Waals surface area contributed by atoms with Gasteiger partial charge in [0.25, 0.3) is 0 Å². The van der Waals surface area contributed by atoms with E-state index in [-0.39, 0.29) is 0 Å². The summed E-state index contributed by atoms with van der Waals surface area (Å²) in [6, 6.07) is 0. The Morgan fingerprint density at radius 1 is 0.952 bits per heavy atom. The van der Waals surface area contributed by atoms with Crippen molar-refractivity contribution in [3.8, 4) is 0 Å². The van der Waals surface area contributed by atoms with Crippen molar-refractivity contribution in [2.45, 2.75) is 77.6 Å². The third-order valence-corrected chi connectivity index (χ3v) is 6.18. The van der Waals surface area contributed by atoms with Crippen molar-refractivity contribution in [3.05, 3.63) is 30.2 Å². The van der Waals surface area contributed by atoms with E-state index in [2.05, 4.69) is 31.6 Å². The van der Waals surface area contributed by atoms with Crippen molar-refractivity contribution >= 4 is 0 Å². The van der Waals surface area contributed by atoms with Gasteiger partial charge in [0, 0.05) is 0 Å². The zero-order valence-electron chi connectivity index (χ0n) is 13.9. The van der Waals surface area contributed by atoms with Crippen LogP contribution in [0.1, 0.15) is 77.6 Å². The molecule has 0 bridgehead atoms. The van der Waals surface area contributed by atoms with Gasteiger partial charge in [0.05, 0.1) is 0 Å². The molecule has 0 aromatic carbocycles. The lowest BCUT2D eigenvalue weighted by molar-refractivity contribution is 0.233. The quantitative estimate of drug-likeness (QED) is 0.518. The van der Waals surface area contributed by atoms with Gasteiger partial charge >= 0.3 is 0 Å². The largest absolute Gasteiger partial charge is 0.321 e. The van der Waals surface area contributed by atoms with E-state index < -0.39 is 0 Å². The maximum absolute atomic E-state index is 2.64. The summed E-state index contributed by atoms with van der Waals surface area (Å²) in [6.45, 7) is 2.33. The van der Waals surface area contributed by atoms with Gasteiger partial charge in [0.1, 0.15) is 0 Å². The second kappa shape index (κ2) is 7.65. The molecule has 118 valence electrons. The van der Waals surface area contributed by atoms with E-state index in [1.165, 1.54) is 70.6 Å². The van der Waals surface area contributed by atoms with Gasteiger partial charge in [-0.3, -0.25) is 0 Å². The van der Waals surface area contributed by atoms with E-state index in [0.29, 0.717) is 0 Å². The van der Waals surface area contributed by atoms with Crippen LogP contribution in [-0.4, -0.2) is 0 Å². The summed E-state index contributed by atoms with van der Waals surface area (Å²) in [6.07, 6.45) is 26.0. The van der Waals surface area contributed by atoms with E-state index >= 15 is 0 Å². The van der Waals surface area contributed by atoms with Gasteiger partial charge in [-0.1, -0.05) is 69.2 Å². The summed E-state index contributed by atoms with van der Waals surface area (Å²) in [5, 5.41) is 0. The highest BCUT2D eigenvalue weighted by molar-refractivity contribution is 5.28. The summed E-state index contributed by atoms with van der Waals surface area (Å²) in [4.78, 5) is 0. The lowest BCUT2D eigenvalue weighted by Crippen LogP contribution is -2.30. The highest BCUT2D eigenvalue weighted by atomic mass is 14.4. The van der Waals surface area contributed by atoms with Gasteiger partial charge in [0.15, 0.2) is 0 Å². The molecule has 2 atom stereocenters. The molecule has 0 radical (unpaired) electrons. The Morgan fingerprint density at radius 2 is 1.62 bits per heavy atom. The molecular weight excluding hydrogens is 252 g/mol. The minimum absolute atomic E-state index is 0.756. The Hall–Kier alpha value is -0.520. The van der Waals surface area contributed by atoms with Crippen LogP contribution in [0.5, 0.6) is 0 Å². The fourth-order valence-corrected chi connectivity index (χ4v) is 5.11. The van der Waals surface area contributed by atoms with Gasteiger partial charge in [-0.25, -0.2) is 0 Å². The van der Waals surface area contributed by atoms with Gasteiger partial charge < -0.3 is 6.42 Å². The molecule has 0 heteroatoms. The molecule has 0 aliphatic heterocycles. The third-order valence-electron chi connectivity index (χ3n) is 6.18. The molecule has 0 nitrogen and oxygen atoms in total. The SMILES string of the molecule is CC[CH-]C1C(C2CCCCC2)=CC=CC1C1CCCCC1. The highest BCUT2D eigenvalue weighted by Gasteiger charge is 2.30. The highest BCUT2D eigenvalue weighted by Crippen LogP contribution is 2.45. The molecule has 0 saturated heterocycles. The van der Waals surface area contributed by atoms with Crippen molar-refractivity contribution in [1.82, 2.24) is 0 Å². The van der Waals surface area contributed by atoms with Crippen LogP contribution >= 0.6 is 0 Å². The summed E-state index contributed by atoms with van der Waals surface area (Å²) in [7, 11) is 0. The van der Waals surface area contributed by atoms with Crippen molar-refractivity contribution in [3.63, 3.8) is 0 Å².